The van der Waals surface area contributed by atoms with E-state index in [1.807, 2.05) is 30.5 Å². The summed E-state index contributed by atoms with van der Waals surface area (Å²) < 4.78 is 10.8. The van der Waals surface area contributed by atoms with Gasteiger partial charge in [-0.25, -0.2) is 5.43 Å². The van der Waals surface area contributed by atoms with Gasteiger partial charge in [-0.1, -0.05) is 18.2 Å². The monoisotopic (exact) mass is 287 g/mol. The van der Waals surface area contributed by atoms with Crippen LogP contribution in [0.4, 0.5) is 0 Å². The van der Waals surface area contributed by atoms with Crippen molar-refractivity contribution in [3.8, 4) is 0 Å². The molecule has 0 saturated carbocycles. The molecule has 1 fully saturated rings. The van der Waals surface area contributed by atoms with Crippen LogP contribution in [0, 0.1) is 0 Å². The van der Waals surface area contributed by atoms with Crippen LogP contribution in [-0.2, 0) is 14.3 Å². The zero-order valence-electron chi connectivity index (χ0n) is 11.8. The van der Waals surface area contributed by atoms with E-state index < -0.39 is 5.79 Å². The van der Waals surface area contributed by atoms with Crippen molar-refractivity contribution in [1.29, 1.82) is 0 Å². The van der Waals surface area contributed by atoms with Crippen LogP contribution < -0.4 is 5.43 Å². The van der Waals surface area contributed by atoms with E-state index in [1.165, 1.54) is 0 Å². The fourth-order valence-corrected chi connectivity index (χ4v) is 2.36. The van der Waals surface area contributed by atoms with Gasteiger partial charge in [-0.05, 0) is 13.0 Å². The van der Waals surface area contributed by atoms with E-state index in [2.05, 4.69) is 15.5 Å². The molecule has 1 aliphatic heterocycles. The van der Waals surface area contributed by atoms with E-state index in [9.17, 15) is 4.79 Å². The zero-order valence-corrected chi connectivity index (χ0v) is 11.8. The minimum atomic E-state index is -0.833. The Morgan fingerprint density at radius 2 is 2.19 bits per heavy atom. The molecular formula is C15H17N3O3. The maximum Gasteiger partial charge on any atom is 0.245 e. The average Bonchev–Trinajstić information content (AvgIpc) is 3.06. The lowest BCUT2D eigenvalue weighted by molar-refractivity contribution is -0.159. The fourth-order valence-electron chi connectivity index (χ4n) is 2.36. The smallest absolute Gasteiger partial charge is 0.245 e. The number of nitrogens with zero attached hydrogens (tertiary/aromatic N) is 1. The first-order valence-electron chi connectivity index (χ1n) is 6.82. The van der Waals surface area contributed by atoms with Crippen molar-refractivity contribution in [3.63, 3.8) is 0 Å². The quantitative estimate of drug-likeness (QED) is 0.664. The summed E-state index contributed by atoms with van der Waals surface area (Å²) in [6, 6.07) is 7.91. The molecule has 1 aromatic carbocycles. The third-order valence-electron chi connectivity index (χ3n) is 3.39. The van der Waals surface area contributed by atoms with Crippen molar-refractivity contribution < 1.29 is 14.3 Å². The molecule has 2 N–H and O–H groups in total. The van der Waals surface area contributed by atoms with Gasteiger partial charge < -0.3 is 14.5 Å². The van der Waals surface area contributed by atoms with Crippen LogP contribution >= 0.6 is 0 Å². The van der Waals surface area contributed by atoms with Crippen LogP contribution in [0.5, 0.6) is 0 Å². The van der Waals surface area contributed by atoms with Gasteiger partial charge in [-0.3, -0.25) is 4.79 Å². The number of nitrogens with one attached hydrogen (secondary N) is 2. The van der Waals surface area contributed by atoms with Gasteiger partial charge in [0.25, 0.3) is 0 Å². The Bertz CT molecular complexity index is 672. The number of hydrogen-bond acceptors (Lipinski definition) is 4. The first kappa shape index (κ1) is 13.8. The number of hydrogen-bond donors (Lipinski definition) is 2. The lowest BCUT2D eigenvalue weighted by Crippen LogP contribution is -2.33. The molecule has 2 aromatic rings. The number of ether oxygens (including phenoxy) is 2. The minimum Gasteiger partial charge on any atom is -0.361 e. The fraction of sp³-hybridized carbons (Fsp3) is 0.333. The van der Waals surface area contributed by atoms with Crippen LogP contribution in [0.3, 0.4) is 0 Å². The number of hydrazone groups is 1. The van der Waals surface area contributed by atoms with E-state index in [0.717, 1.165) is 16.5 Å². The second kappa shape index (κ2) is 5.67. The topological polar surface area (TPSA) is 75.7 Å². The lowest BCUT2D eigenvalue weighted by atomic mass is 10.2. The summed E-state index contributed by atoms with van der Waals surface area (Å²) in [6.07, 6.45) is 3.60. The summed E-state index contributed by atoms with van der Waals surface area (Å²) in [5.41, 5.74) is 4.45. The van der Waals surface area contributed by atoms with Crippen LogP contribution in [0.2, 0.25) is 0 Å². The standard InChI is InChI=1S/C15H17N3O3/c1-15(20-6-7-21-15)8-14(19)18-17-10-11-9-16-13-5-3-2-4-12(11)13/h2-5,9-10,16H,6-8H2,1H3,(H,18,19)/b17-10-. The molecule has 0 spiro atoms. The molecule has 0 radical (unpaired) electrons. The highest BCUT2D eigenvalue weighted by Gasteiger charge is 2.33. The number of H-pyrrole nitrogens is 1. The van der Waals surface area contributed by atoms with E-state index in [4.69, 9.17) is 9.47 Å². The average molecular weight is 287 g/mol. The Balaban J connectivity index is 1.60. The third kappa shape index (κ3) is 3.12. The van der Waals surface area contributed by atoms with Gasteiger partial charge in [0.15, 0.2) is 5.79 Å². The normalized spacial score (nSPS) is 17.6. The lowest BCUT2D eigenvalue weighted by Gasteiger charge is -2.20. The van der Waals surface area contributed by atoms with E-state index in [0.29, 0.717) is 13.2 Å². The molecule has 6 nitrogen and oxygen atoms in total. The number of aromatic amines is 1. The molecule has 0 bridgehead atoms. The van der Waals surface area contributed by atoms with Crippen molar-refractivity contribution in [2.24, 2.45) is 5.10 Å². The first-order valence-corrected chi connectivity index (χ1v) is 6.82. The van der Waals surface area contributed by atoms with E-state index >= 15 is 0 Å². The molecular weight excluding hydrogens is 270 g/mol. The molecule has 0 atom stereocenters. The second-order valence-corrected chi connectivity index (χ2v) is 5.09. The Hall–Kier alpha value is -2.18. The number of rotatable bonds is 4. The highest BCUT2D eigenvalue weighted by Crippen LogP contribution is 2.22. The maximum atomic E-state index is 11.8. The van der Waals surface area contributed by atoms with Crippen molar-refractivity contribution in [2.75, 3.05) is 13.2 Å². The van der Waals surface area contributed by atoms with E-state index in [-0.39, 0.29) is 12.3 Å². The van der Waals surface area contributed by atoms with Crippen molar-refractivity contribution in [1.82, 2.24) is 10.4 Å². The maximum absolute atomic E-state index is 11.8. The van der Waals surface area contributed by atoms with Gasteiger partial charge in [0, 0.05) is 22.7 Å². The number of benzene rings is 1. The Kier molecular flexibility index (Phi) is 3.72. The van der Waals surface area contributed by atoms with Crippen LogP contribution in [0.1, 0.15) is 18.9 Å². The molecule has 2 heterocycles. The number of fused-ring (bicyclic) bond motifs is 1. The van der Waals surface area contributed by atoms with Gasteiger partial charge in [0.05, 0.1) is 25.8 Å². The molecule has 0 aliphatic carbocycles. The summed E-state index contributed by atoms with van der Waals surface area (Å²) in [7, 11) is 0. The van der Waals surface area contributed by atoms with Gasteiger partial charge in [0.1, 0.15) is 0 Å². The largest absolute Gasteiger partial charge is 0.361 e. The van der Waals surface area contributed by atoms with Gasteiger partial charge >= 0.3 is 0 Å². The van der Waals surface area contributed by atoms with Crippen molar-refractivity contribution >= 4 is 23.0 Å². The Morgan fingerprint density at radius 1 is 1.43 bits per heavy atom. The van der Waals surface area contributed by atoms with Crippen molar-refractivity contribution in [2.45, 2.75) is 19.1 Å². The number of aromatic nitrogens is 1. The SMILES string of the molecule is CC1(CC(=O)N/N=C\c2c[nH]c3ccccc23)OCCO1. The van der Waals surface area contributed by atoms with Crippen LogP contribution in [0.25, 0.3) is 10.9 Å². The summed E-state index contributed by atoms with van der Waals surface area (Å²) in [5, 5.41) is 5.04. The Morgan fingerprint density at radius 3 is 3.00 bits per heavy atom. The molecule has 1 aromatic heterocycles. The number of carbonyl (C=O) groups is 1. The second-order valence-electron chi connectivity index (χ2n) is 5.09. The van der Waals surface area contributed by atoms with E-state index in [1.54, 1.807) is 13.1 Å². The highest BCUT2D eigenvalue weighted by atomic mass is 16.7. The van der Waals surface area contributed by atoms with Crippen molar-refractivity contribution in [3.05, 3.63) is 36.0 Å². The molecule has 3 rings (SSSR count). The highest BCUT2D eigenvalue weighted by molar-refractivity contribution is 5.99. The van der Waals surface area contributed by atoms with Crippen LogP contribution in [0.15, 0.2) is 35.6 Å². The predicted molar refractivity (Wildman–Crippen MR) is 79.0 cm³/mol. The Labute approximate surface area is 122 Å². The van der Waals surface area contributed by atoms with Gasteiger partial charge in [-0.15, -0.1) is 0 Å². The molecule has 21 heavy (non-hydrogen) atoms. The molecule has 1 aliphatic rings. The third-order valence-corrected chi connectivity index (χ3v) is 3.39. The molecule has 110 valence electrons. The molecule has 6 heteroatoms. The number of carbonyl (C=O) groups excluding carboxylic acids is 1. The summed E-state index contributed by atoms with van der Waals surface area (Å²) in [4.78, 5) is 15.0. The molecule has 1 amide bonds. The van der Waals surface area contributed by atoms with Gasteiger partial charge in [-0.2, -0.15) is 5.10 Å². The zero-order chi connectivity index (χ0) is 14.7. The van der Waals surface area contributed by atoms with Crippen LogP contribution in [-0.4, -0.2) is 36.1 Å². The summed E-state index contributed by atoms with van der Waals surface area (Å²) in [5.74, 6) is -1.07. The molecule has 0 unspecified atom stereocenters. The number of amides is 1. The first-order chi connectivity index (χ1) is 10.2. The number of para-hydroxylation sites is 1. The predicted octanol–water partition coefficient (Wildman–Crippen LogP) is 1.77. The van der Waals surface area contributed by atoms with Gasteiger partial charge in [0.2, 0.25) is 5.91 Å². The summed E-state index contributed by atoms with van der Waals surface area (Å²) in [6.45, 7) is 2.79. The molecule has 1 saturated heterocycles. The summed E-state index contributed by atoms with van der Waals surface area (Å²) >= 11 is 0. The minimum absolute atomic E-state index is 0.123.